The minimum Gasteiger partial charge on any atom is -0.497 e. The highest BCUT2D eigenvalue weighted by molar-refractivity contribution is 6.04. The highest BCUT2D eigenvalue weighted by Gasteiger charge is 2.28. The van der Waals surface area contributed by atoms with Crippen molar-refractivity contribution in [1.82, 2.24) is 15.2 Å². The molecule has 27 heavy (non-hydrogen) atoms. The Morgan fingerprint density at radius 1 is 1.07 bits per heavy atom. The Morgan fingerprint density at radius 3 is 2.37 bits per heavy atom. The Hall–Kier alpha value is -3.22. The molecule has 1 N–H and O–H groups in total. The first-order valence-electron chi connectivity index (χ1n) is 8.77. The van der Waals surface area contributed by atoms with E-state index in [0.29, 0.717) is 42.8 Å². The average Bonchev–Trinajstić information content (AvgIpc) is 2.74. The maximum absolute atomic E-state index is 12.6. The van der Waals surface area contributed by atoms with E-state index in [4.69, 9.17) is 4.74 Å². The fourth-order valence-corrected chi connectivity index (χ4v) is 3.08. The summed E-state index contributed by atoms with van der Waals surface area (Å²) in [5.74, 6) is 0.168. The first-order valence-corrected chi connectivity index (χ1v) is 8.77. The molecule has 2 heterocycles. The SMILES string of the molecule is COc1ccc(C(=O)C2CCN(C(=O)NC(=O)c3cccnc3)CC2)cc1. The molecule has 1 aromatic carbocycles. The fourth-order valence-electron chi connectivity index (χ4n) is 3.08. The number of pyridine rings is 1. The number of carbonyl (C=O) groups is 3. The molecule has 140 valence electrons. The van der Waals surface area contributed by atoms with Crippen molar-refractivity contribution in [2.75, 3.05) is 20.2 Å². The second kappa shape index (κ2) is 8.44. The molecule has 1 saturated heterocycles. The van der Waals surface area contributed by atoms with Crippen LogP contribution < -0.4 is 10.1 Å². The van der Waals surface area contributed by atoms with E-state index < -0.39 is 11.9 Å². The van der Waals surface area contributed by atoms with Crippen molar-refractivity contribution in [3.8, 4) is 5.75 Å². The summed E-state index contributed by atoms with van der Waals surface area (Å²) in [5, 5.41) is 2.36. The van der Waals surface area contributed by atoms with Gasteiger partial charge in [0.1, 0.15) is 5.75 Å². The van der Waals surface area contributed by atoms with E-state index in [-0.39, 0.29) is 11.7 Å². The van der Waals surface area contributed by atoms with Crippen molar-refractivity contribution in [2.45, 2.75) is 12.8 Å². The zero-order valence-electron chi connectivity index (χ0n) is 15.1. The predicted molar refractivity (Wildman–Crippen MR) is 98.7 cm³/mol. The van der Waals surface area contributed by atoms with Crippen LogP contribution in [0.5, 0.6) is 5.75 Å². The van der Waals surface area contributed by atoms with Crippen LogP contribution in [0, 0.1) is 5.92 Å². The summed E-state index contributed by atoms with van der Waals surface area (Å²) in [6, 6.07) is 9.82. The van der Waals surface area contributed by atoms with Crippen LogP contribution in [0.25, 0.3) is 0 Å². The normalized spacial score (nSPS) is 14.5. The zero-order chi connectivity index (χ0) is 19.2. The van der Waals surface area contributed by atoms with Crippen molar-refractivity contribution in [3.05, 3.63) is 59.9 Å². The number of imide groups is 1. The van der Waals surface area contributed by atoms with Gasteiger partial charge in [0.2, 0.25) is 0 Å². The summed E-state index contributed by atoms with van der Waals surface area (Å²) < 4.78 is 5.10. The first-order chi connectivity index (χ1) is 13.1. The van der Waals surface area contributed by atoms with E-state index in [1.807, 2.05) is 0 Å². The van der Waals surface area contributed by atoms with Gasteiger partial charge in [-0.1, -0.05) is 0 Å². The van der Waals surface area contributed by atoms with Crippen LogP contribution in [0.3, 0.4) is 0 Å². The van der Waals surface area contributed by atoms with Gasteiger partial charge >= 0.3 is 6.03 Å². The molecule has 0 unspecified atom stereocenters. The van der Waals surface area contributed by atoms with Crippen LogP contribution in [-0.4, -0.2) is 47.8 Å². The third-order valence-electron chi connectivity index (χ3n) is 4.67. The Bertz CT molecular complexity index is 813. The predicted octanol–water partition coefficient (Wildman–Crippen LogP) is 2.53. The number of ether oxygens (including phenoxy) is 1. The number of methoxy groups -OCH3 is 1. The third kappa shape index (κ3) is 4.49. The quantitative estimate of drug-likeness (QED) is 0.839. The number of nitrogens with one attached hydrogen (secondary N) is 1. The Kier molecular flexibility index (Phi) is 5.80. The summed E-state index contributed by atoms with van der Waals surface area (Å²) >= 11 is 0. The summed E-state index contributed by atoms with van der Waals surface area (Å²) in [5.41, 5.74) is 0.973. The van der Waals surface area contributed by atoms with Gasteiger partial charge in [0.25, 0.3) is 5.91 Å². The van der Waals surface area contributed by atoms with Gasteiger partial charge in [0.05, 0.1) is 12.7 Å². The summed E-state index contributed by atoms with van der Waals surface area (Å²) in [4.78, 5) is 42.4. The van der Waals surface area contributed by atoms with Gasteiger partial charge in [-0.2, -0.15) is 0 Å². The highest BCUT2D eigenvalue weighted by atomic mass is 16.5. The Balaban J connectivity index is 1.52. The molecule has 1 fully saturated rings. The second-order valence-corrected chi connectivity index (χ2v) is 6.36. The number of nitrogens with zero attached hydrogens (tertiary/aromatic N) is 2. The Morgan fingerprint density at radius 2 is 1.78 bits per heavy atom. The van der Waals surface area contributed by atoms with Crippen molar-refractivity contribution in [3.63, 3.8) is 0 Å². The molecular weight excluding hydrogens is 346 g/mol. The van der Waals surface area contributed by atoms with E-state index in [0.717, 1.165) is 0 Å². The van der Waals surface area contributed by atoms with Gasteiger partial charge in [0, 0.05) is 37.0 Å². The number of carbonyl (C=O) groups excluding carboxylic acids is 3. The number of hydrogen-bond acceptors (Lipinski definition) is 5. The average molecular weight is 367 g/mol. The minimum atomic E-state index is -0.482. The van der Waals surface area contributed by atoms with Crippen molar-refractivity contribution in [2.24, 2.45) is 5.92 Å². The number of ketones is 1. The lowest BCUT2D eigenvalue weighted by molar-refractivity contribution is 0.0840. The van der Waals surface area contributed by atoms with Crippen LogP contribution in [-0.2, 0) is 0 Å². The number of aromatic nitrogens is 1. The lowest BCUT2D eigenvalue weighted by atomic mass is 9.89. The van der Waals surface area contributed by atoms with Gasteiger partial charge in [-0.25, -0.2) is 4.79 Å². The molecule has 7 nitrogen and oxygen atoms in total. The second-order valence-electron chi connectivity index (χ2n) is 6.36. The van der Waals surface area contributed by atoms with E-state index in [1.54, 1.807) is 54.6 Å². The number of rotatable bonds is 4. The van der Waals surface area contributed by atoms with Crippen LogP contribution in [0.15, 0.2) is 48.8 Å². The number of piperidine rings is 1. The topological polar surface area (TPSA) is 88.6 Å². The van der Waals surface area contributed by atoms with Crippen LogP contribution >= 0.6 is 0 Å². The van der Waals surface area contributed by atoms with Gasteiger partial charge in [-0.3, -0.25) is 19.9 Å². The van der Waals surface area contributed by atoms with E-state index in [9.17, 15) is 14.4 Å². The molecule has 0 atom stereocenters. The number of likely N-dealkylation sites (tertiary alicyclic amines) is 1. The number of amides is 3. The smallest absolute Gasteiger partial charge is 0.324 e. The maximum Gasteiger partial charge on any atom is 0.324 e. The monoisotopic (exact) mass is 367 g/mol. The molecule has 0 spiro atoms. The maximum atomic E-state index is 12.6. The van der Waals surface area contributed by atoms with Crippen LogP contribution in [0.4, 0.5) is 4.79 Å². The van der Waals surface area contributed by atoms with Gasteiger partial charge < -0.3 is 9.64 Å². The molecule has 0 aliphatic carbocycles. The van der Waals surface area contributed by atoms with Crippen LogP contribution in [0.1, 0.15) is 33.6 Å². The largest absolute Gasteiger partial charge is 0.497 e. The molecular formula is C20H21N3O4. The van der Waals surface area contributed by atoms with Gasteiger partial charge in [-0.15, -0.1) is 0 Å². The molecule has 1 aliphatic heterocycles. The van der Waals surface area contributed by atoms with E-state index in [2.05, 4.69) is 10.3 Å². The number of hydrogen-bond donors (Lipinski definition) is 1. The summed E-state index contributed by atoms with van der Waals surface area (Å²) in [6.07, 6.45) is 4.10. The van der Waals surface area contributed by atoms with Gasteiger partial charge in [-0.05, 0) is 49.2 Å². The van der Waals surface area contributed by atoms with E-state index in [1.165, 1.54) is 6.20 Å². The summed E-state index contributed by atoms with van der Waals surface area (Å²) in [6.45, 7) is 0.859. The van der Waals surface area contributed by atoms with Crippen molar-refractivity contribution in [1.29, 1.82) is 0 Å². The third-order valence-corrected chi connectivity index (χ3v) is 4.67. The minimum absolute atomic E-state index is 0.0733. The number of urea groups is 1. The number of Topliss-reactive ketones (excluding diaryl/α,β-unsaturated/α-hetero) is 1. The van der Waals surface area contributed by atoms with E-state index >= 15 is 0 Å². The zero-order valence-corrected chi connectivity index (χ0v) is 15.1. The fraction of sp³-hybridized carbons (Fsp3) is 0.300. The molecule has 1 aromatic heterocycles. The molecule has 2 aromatic rings. The highest BCUT2D eigenvalue weighted by Crippen LogP contribution is 2.23. The molecule has 3 amide bonds. The lowest BCUT2D eigenvalue weighted by Crippen LogP contribution is -2.47. The molecule has 7 heteroatoms. The molecule has 0 bridgehead atoms. The Labute approximate surface area is 157 Å². The summed E-state index contributed by atoms with van der Waals surface area (Å²) in [7, 11) is 1.58. The molecule has 0 radical (unpaired) electrons. The lowest BCUT2D eigenvalue weighted by Gasteiger charge is -2.31. The standard InChI is InChI=1S/C20H21N3O4/c1-27-17-6-4-14(5-7-17)18(24)15-8-11-23(12-9-15)20(26)22-19(25)16-3-2-10-21-13-16/h2-7,10,13,15H,8-9,11-12H2,1H3,(H,22,25,26). The van der Waals surface area contributed by atoms with Crippen molar-refractivity contribution < 1.29 is 19.1 Å². The molecule has 1 aliphatic rings. The van der Waals surface area contributed by atoms with Crippen LogP contribution in [0.2, 0.25) is 0 Å². The molecule has 0 saturated carbocycles. The first kappa shape index (κ1) is 18.6. The molecule has 3 rings (SSSR count). The van der Waals surface area contributed by atoms with Crippen molar-refractivity contribution >= 4 is 17.7 Å². The number of benzene rings is 1. The van der Waals surface area contributed by atoms with Gasteiger partial charge in [0.15, 0.2) is 5.78 Å².